The summed E-state index contributed by atoms with van der Waals surface area (Å²) >= 11 is 1.68. The SMILES string of the molecule is CSc1ccc(C=C2N=C(c3ccc(C)cc3)OC2=O)cc1. The van der Waals surface area contributed by atoms with Gasteiger partial charge in [-0.2, -0.15) is 0 Å². The van der Waals surface area contributed by atoms with E-state index in [0.717, 1.165) is 16.7 Å². The quantitative estimate of drug-likeness (QED) is 0.487. The van der Waals surface area contributed by atoms with Gasteiger partial charge >= 0.3 is 5.97 Å². The highest BCUT2D eigenvalue weighted by Crippen LogP contribution is 2.21. The number of benzene rings is 2. The summed E-state index contributed by atoms with van der Waals surface area (Å²) in [7, 11) is 0. The van der Waals surface area contributed by atoms with Crippen LogP contribution >= 0.6 is 11.8 Å². The van der Waals surface area contributed by atoms with Gasteiger partial charge in [-0.05, 0) is 49.1 Å². The zero-order valence-electron chi connectivity index (χ0n) is 12.4. The average Bonchev–Trinajstić information content (AvgIpc) is 2.90. The van der Waals surface area contributed by atoms with Crippen LogP contribution in [0.1, 0.15) is 16.7 Å². The molecule has 1 aliphatic heterocycles. The molecular formula is C18H15NO2S. The minimum Gasteiger partial charge on any atom is -0.402 e. The molecule has 0 N–H and O–H groups in total. The largest absolute Gasteiger partial charge is 0.402 e. The first-order valence-electron chi connectivity index (χ1n) is 6.89. The Balaban J connectivity index is 1.88. The summed E-state index contributed by atoms with van der Waals surface area (Å²) in [6.07, 6.45) is 3.77. The van der Waals surface area contributed by atoms with E-state index in [1.54, 1.807) is 17.8 Å². The van der Waals surface area contributed by atoms with E-state index in [1.165, 1.54) is 4.90 Å². The van der Waals surface area contributed by atoms with Crippen molar-refractivity contribution >= 4 is 29.7 Å². The van der Waals surface area contributed by atoms with Crippen molar-refractivity contribution in [3.63, 3.8) is 0 Å². The van der Waals surface area contributed by atoms with Crippen molar-refractivity contribution in [2.24, 2.45) is 4.99 Å². The molecule has 0 saturated carbocycles. The molecule has 0 atom stereocenters. The fraction of sp³-hybridized carbons (Fsp3) is 0.111. The summed E-state index contributed by atoms with van der Waals surface area (Å²) in [4.78, 5) is 17.4. The molecule has 1 heterocycles. The van der Waals surface area contributed by atoms with Crippen LogP contribution in [0.2, 0.25) is 0 Å². The molecule has 0 aromatic heterocycles. The molecule has 3 rings (SSSR count). The summed E-state index contributed by atoms with van der Waals surface area (Å²) in [5.74, 6) is -0.0542. The van der Waals surface area contributed by atoms with Crippen LogP contribution < -0.4 is 0 Å². The Bertz CT molecular complexity index is 759. The van der Waals surface area contributed by atoms with E-state index in [9.17, 15) is 4.79 Å². The number of hydrogen-bond acceptors (Lipinski definition) is 4. The number of aliphatic imine (C=N–C) groups is 1. The van der Waals surface area contributed by atoms with E-state index in [2.05, 4.69) is 4.99 Å². The van der Waals surface area contributed by atoms with Gasteiger partial charge in [0.25, 0.3) is 0 Å². The monoisotopic (exact) mass is 309 g/mol. The Labute approximate surface area is 133 Å². The number of thioether (sulfide) groups is 1. The number of rotatable bonds is 3. The summed E-state index contributed by atoms with van der Waals surface area (Å²) in [6, 6.07) is 15.7. The fourth-order valence-corrected chi connectivity index (χ4v) is 2.50. The van der Waals surface area contributed by atoms with Gasteiger partial charge < -0.3 is 4.74 Å². The Morgan fingerprint density at radius 2 is 1.73 bits per heavy atom. The van der Waals surface area contributed by atoms with Gasteiger partial charge in [0.1, 0.15) is 0 Å². The van der Waals surface area contributed by atoms with E-state index in [0.29, 0.717) is 11.6 Å². The van der Waals surface area contributed by atoms with Crippen molar-refractivity contribution in [2.75, 3.05) is 6.26 Å². The van der Waals surface area contributed by atoms with Gasteiger partial charge in [-0.1, -0.05) is 29.8 Å². The van der Waals surface area contributed by atoms with Gasteiger partial charge in [0.2, 0.25) is 5.90 Å². The second-order valence-electron chi connectivity index (χ2n) is 4.98. The number of cyclic esters (lactones) is 1. The minimum atomic E-state index is -0.412. The molecule has 0 bridgehead atoms. The summed E-state index contributed by atoms with van der Waals surface area (Å²) in [5.41, 5.74) is 3.21. The molecule has 3 nitrogen and oxygen atoms in total. The van der Waals surface area contributed by atoms with E-state index < -0.39 is 5.97 Å². The maximum Gasteiger partial charge on any atom is 0.363 e. The molecule has 0 saturated heterocycles. The topological polar surface area (TPSA) is 38.7 Å². The predicted octanol–water partition coefficient (Wildman–Crippen LogP) is 4.06. The van der Waals surface area contributed by atoms with Gasteiger partial charge in [0.05, 0.1) is 0 Å². The predicted molar refractivity (Wildman–Crippen MR) is 90.0 cm³/mol. The van der Waals surface area contributed by atoms with Gasteiger partial charge in [-0.3, -0.25) is 0 Å². The molecule has 22 heavy (non-hydrogen) atoms. The summed E-state index contributed by atoms with van der Waals surface area (Å²) in [6.45, 7) is 2.01. The number of esters is 1. The molecule has 0 radical (unpaired) electrons. The van der Waals surface area contributed by atoms with E-state index in [4.69, 9.17) is 4.74 Å². The number of carbonyl (C=O) groups excluding carboxylic acids is 1. The molecule has 0 unspecified atom stereocenters. The van der Waals surface area contributed by atoms with Gasteiger partial charge in [-0.25, -0.2) is 9.79 Å². The number of nitrogens with zero attached hydrogens (tertiary/aromatic N) is 1. The zero-order valence-corrected chi connectivity index (χ0v) is 13.2. The second-order valence-corrected chi connectivity index (χ2v) is 5.85. The fourth-order valence-electron chi connectivity index (χ4n) is 2.09. The number of hydrogen-bond donors (Lipinski definition) is 0. The first kappa shape index (κ1) is 14.6. The van der Waals surface area contributed by atoms with Crippen molar-refractivity contribution in [3.05, 3.63) is 70.9 Å². The van der Waals surface area contributed by atoms with Crippen molar-refractivity contribution in [1.82, 2.24) is 0 Å². The highest BCUT2D eigenvalue weighted by atomic mass is 32.2. The standard InChI is InChI=1S/C18H15NO2S/c1-12-3-7-14(8-4-12)17-19-16(18(20)21-17)11-13-5-9-15(22-2)10-6-13/h3-11H,1-2H3. The third-order valence-electron chi connectivity index (χ3n) is 3.34. The van der Waals surface area contributed by atoms with Crippen LogP contribution in [0.3, 0.4) is 0 Å². The maximum atomic E-state index is 11.9. The van der Waals surface area contributed by atoms with Gasteiger partial charge in [-0.15, -0.1) is 11.8 Å². The third-order valence-corrected chi connectivity index (χ3v) is 4.08. The van der Waals surface area contributed by atoms with Crippen LogP contribution in [0, 0.1) is 6.92 Å². The molecule has 0 amide bonds. The zero-order chi connectivity index (χ0) is 15.5. The Hall–Kier alpha value is -2.33. The molecule has 110 valence electrons. The van der Waals surface area contributed by atoms with E-state index in [-0.39, 0.29) is 0 Å². The van der Waals surface area contributed by atoms with Crippen LogP contribution in [0.5, 0.6) is 0 Å². The molecule has 2 aromatic carbocycles. The van der Waals surface area contributed by atoms with Crippen LogP contribution in [0.4, 0.5) is 0 Å². The van der Waals surface area contributed by atoms with Crippen molar-refractivity contribution < 1.29 is 9.53 Å². The first-order chi connectivity index (χ1) is 10.7. The summed E-state index contributed by atoms with van der Waals surface area (Å²) < 4.78 is 5.26. The van der Waals surface area contributed by atoms with Gasteiger partial charge in [0.15, 0.2) is 5.70 Å². The Morgan fingerprint density at radius 1 is 1.05 bits per heavy atom. The van der Waals surface area contributed by atoms with Crippen molar-refractivity contribution in [3.8, 4) is 0 Å². The molecule has 2 aromatic rings. The average molecular weight is 309 g/mol. The van der Waals surface area contributed by atoms with Crippen LogP contribution in [-0.2, 0) is 9.53 Å². The normalized spacial score (nSPS) is 15.8. The van der Waals surface area contributed by atoms with Crippen LogP contribution in [0.25, 0.3) is 6.08 Å². The van der Waals surface area contributed by atoms with E-state index >= 15 is 0 Å². The van der Waals surface area contributed by atoms with Crippen LogP contribution in [-0.4, -0.2) is 18.1 Å². The molecule has 0 spiro atoms. The lowest BCUT2D eigenvalue weighted by atomic mass is 10.1. The van der Waals surface area contributed by atoms with E-state index in [1.807, 2.05) is 61.7 Å². The van der Waals surface area contributed by atoms with Gasteiger partial charge in [0, 0.05) is 10.5 Å². The van der Waals surface area contributed by atoms with Crippen molar-refractivity contribution in [2.45, 2.75) is 11.8 Å². The lowest BCUT2D eigenvalue weighted by molar-refractivity contribution is -0.129. The highest BCUT2D eigenvalue weighted by molar-refractivity contribution is 7.98. The van der Waals surface area contributed by atoms with Crippen LogP contribution in [0.15, 0.2) is 64.1 Å². The Kier molecular flexibility index (Phi) is 4.11. The third kappa shape index (κ3) is 3.12. The first-order valence-corrected chi connectivity index (χ1v) is 8.12. The van der Waals surface area contributed by atoms with Crippen molar-refractivity contribution in [1.29, 1.82) is 0 Å². The smallest absolute Gasteiger partial charge is 0.363 e. The lowest BCUT2D eigenvalue weighted by Gasteiger charge is -1.99. The Morgan fingerprint density at radius 3 is 2.36 bits per heavy atom. The minimum absolute atomic E-state index is 0.326. The summed E-state index contributed by atoms with van der Waals surface area (Å²) in [5, 5.41) is 0. The number of aryl methyl sites for hydroxylation is 1. The number of carbonyl (C=O) groups is 1. The highest BCUT2D eigenvalue weighted by Gasteiger charge is 2.23. The molecule has 0 fully saturated rings. The molecule has 4 heteroatoms. The second kappa shape index (κ2) is 6.20. The molecular weight excluding hydrogens is 294 g/mol. The maximum absolute atomic E-state index is 11.9. The molecule has 1 aliphatic rings. The number of ether oxygens (including phenoxy) is 1. The molecule has 0 aliphatic carbocycles. The lowest BCUT2D eigenvalue weighted by Crippen LogP contribution is -2.05.